The van der Waals surface area contributed by atoms with Crippen LogP contribution in [-0.2, 0) is 0 Å². The zero-order valence-electron chi connectivity index (χ0n) is 12.1. The van der Waals surface area contributed by atoms with Crippen LogP contribution >= 0.6 is 11.6 Å². The highest BCUT2D eigenvalue weighted by Gasteiger charge is 2.28. The Labute approximate surface area is 136 Å². The van der Waals surface area contributed by atoms with Crippen molar-refractivity contribution in [2.24, 2.45) is 0 Å². The van der Waals surface area contributed by atoms with Crippen LogP contribution in [0.5, 0.6) is 0 Å². The largest absolute Gasteiger partial charge is 0.379 e. The fraction of sp³-hybridized carbons (Fsp3) is 0.286. The first-order chi connectivity index (χ1) is 11.1. The van der Waals surface area contributed by atoms with Crippen molar-refractivity contribution in [2.75, 3.05) is 31.9 Å². The van der Waals surface area contributed by atoms with Gasteiger partial charge in [0, 0.05) is 36.8 Å². The molecule has 3 rings (SSSR count). The standard InChI is InChI=1S/C14H14ClN5O3/c15-10-3-1-9(2-4-10)13(21)19-5-7-20(8-6-19)14(22)11-12(16)18-23-17-11/h1-4H,5-8H2,(H2,16,18). The Morgan fingerprint density at radius 1 is 1.00 bits per heavy atom. The van der Waals surface area contributed by atoms with Gasteiger partial charge in [-0.3, -0.25) is 9.59 Å². The minimum atomic E-state index is -0.345. The number of carbonyl (C=O) groups excluding carboxylic acids is 2. The number of nitrogen functional groups attached to an aromatic ring is 1. The van der Waals surface area contributed by atoms with Gasteiger partial charge in [0.1, 0.15) is 0 Å². The Morgan fingerprint density at radius 2 is 1.57 bits per heavy atom. The maximum absolute atomic E-state index is 12.4. The average Bonchev–Trinajstić information content (AvgIpc) is 3.00. The van der Waals surface area contributed by atoms with Crippen LogP contribution in [-0.4, -0.2) is 58.1 Å². The molecule has 1 aliphatic heterocycles. The summed E-state index contributed by atoms with van der Waals surface area (Å²) < 4.78 is 4.44. The lowest BCUT2D eigenvalue weighted by Crippen LogP contribution is -2.50. The summed E-state index contributed by atoms with van der Waals surface area (Å²) in [6.45, 7) is 1.64. The van der Waals surface area contributed by atoms with Gasteiger partial charge in [0.05, 0.1) is 0 Å². The van der Waals surface area contributed by atoms with E-state index >= 15 is 0 Å². The number of carbonyl (C=O) groups is 2. The van der Waals surface area contributed by atoms with Crippen LogP contribution in [0, 0.1) is 0 Å². The molecule has 9 heteroatoms. The number of rotatable bonds is 2. The first kappa shape index (κ1) is 15.3. The summed E-state index contributed by atoms with van der Waals surface area (Å²) in [5.41, 5.74) is 6.09. The van der Waals surface area contributed by atoms with E-state index in [2.05, 4.69) is 14.9 Å². The third kappa shape index (κ3) is 3.11. The van der Waals surface area contributed by atoms with E-state index in [0.29, 0.717) is 36.8 Å². The van der Waals surface area contributed by atoms with E-state index in [1.807, 2.05) is 0 Å². The molecule has 1 aromatic heterocycles. The van der Waals surface area contributed by atoms with Crippen molar-refractivity contribution in [3.63, 3.8) is 0 Å². The van der Waals surface area contributed by atoms with E-state index in [9.17, 15) is 9.59 Å². The molecule has 2 amide bonds. The summed E-state index contributed by atoms with van der Waals surface area (Å²) in [6.07, 6.45) is 0. The van der Waals surface area contributed by atoms with Crippen LogP contribution in [0.1, 0.15) is 20.8 Å². The molecule has 0 atom stereocenters. The highest BCUT2D eigenvalue weighted by Crippen LogP contribution is 2.15. The molecule has 0 bridgehead atoms. The first-order valence-electron chi connectivity index (χ1n) is 6.98. The fourth-order valence-electron chi connectivity index (χ4n) is 2.38. The fourth-order valence-corrected chi connectivity index (χ4v) is 2.51. The number of hydrogen-bond donors (Lipinski definition) is 1. The lowest BCUT2D eigenvalue weighted by Gasteiger charge is -2.34. The highest BCUT2D eigenvalue weighted by molar-refractivity contribution is 6.30. The number of anilines is 1. The van der Waals surface area contributed by atoms with Gasteiger partial charge in [-0.25, -0.2) is 4.63 Å². The summed E-state index contributed by atoms with van der Waals surface area (Å²) in [4.78, 5) is 27.9. The van der Waals surface area contributed by atoms with Crippen molar-refractivity contribution in [1.82, 2.24) is 20.1 Å². The Morgan fingerprint density at radius 3 is 2.09 bits per heavy atom. The lowest BCUT2D eigenvalue weighted by atomic mass is 10.2. The topological polar surface area (TPSA) is 106 Å². The minimum Gasteiger partial charge on any atom is -0.379 e. The molecule has 8 nitrogen and oxygen atoms in total. The van der Waals surface area contributed by atoms with E-state index in [4.69, 9.17) is 17.3 Å². The highest BCUT2D eigenvalue weighted by atomic mass is 35.5. The van der Waals surface area contributed by atoms with Gasteiger partial charge in [0.25, 0.3) is 11.8 Å². The second-order valence-electron chi connectivity index (χ2n) is 5.09. The Kier molecular flexibility index (Phi) is 4.16. The summed E-state index contributed by atoms with van der Waals surface area (Å²) in [6, 6.07) is 6.72. The third-order valence-electron chi connectivity index (χ3n) is 3.66. The molecule has 1 saturated heterocycles. The molecular weight excluding hydrogens is 322 g/mol. The van der Waals surface area contributed by atoms with Crippen LogP contribution in [0.15, 0.2) is 28.9 Å². The monoisotopic (exact) mass is 335 g/mol. The number of hydrogen-bond acceptors (Lipinski definition) is 6. The number of halogens is 1. The molecule has 0 aliphatic carbocycles. The van der Waals surface area contributed by atoms with Crippen LogP contribution < -0.4 is 5.73 Å². The van der Waals surface area contributed by atoms with Crippen molar-refractivity contribution in [3.05, 3.63) is 40.5 Å². The van der Waals surface area contributed by atoms with Gasteiger partial charge >= 0.3 is 0 Å². The molecule has 0 radical (unpaired) electrons. The number of nitrogens with two attached hydrogens (primary N) is 1. The van der Waals surface area contributed by atoms with Crippen molar-refractivity contribution < 1.29 is 14.2 Å². The van der Waals surface area contributed by atoms with Crippen molar-refractivity contribution >= 4 is 29.2 Å². The molecule has 2 heterocycles. The number of piperazine rings is 1. The number of aromatic nitrogens is 2. The van der Waals surface area contributed by atoms with Crippen LogP contribution in [0.3, 0.4) is 0 Å². The second kappa shape index (κ2) is 6.25. The molecule has 2 N–H and O–H groups in total. The molecule has 23 heavy (non-hydrogen) atoms. The van der Waals surface area contributed by atoms with Gasteiger partial charge in [-0.2, -0.15) is 0 Å². The smallest absolute Gasteiger partial charge is 0.280 e. The summed E-state index contributed by atoms with van der Waals surface area (Å²) >= 11 is 5.82. The quantitative estimate of drug-likeness (QED) is 0.874. The molecule has 1 aliphatic rings. The molecule has 120 valence electrons. The van der Waals surface area contributed by atoms with Crippen molar-refractivity contribution in [3.8, 4) is 0 Å². The molecule has 0 spiro atoms. The maximum atomic E-state index is 12.4. The Balaban J connectivity index is 1.62. The van der Waals surface area contributed by atoms with E-state index in [1.54, 1.807) is 34.1 Å². The van der Waals surface area contributed by atoms with Gasteiger partial charge in [0.15, 0.2) is 0 Å². The minimum absolute atomic E-state index is 0.00229. The summed E-state index contributed by atoms with van der Waals surface area (Å²) in [5, 5.41) is 7.48. The predicted octanol–water partition coefficient (Wildman–Crippen LogP) is 0.903. The van der Waals surface area contributed by atoms with Crippen LogP contribution in [0.25, 0.3) is 0 Å². The number of amides is 2. The SMILES string of the molecule is Nc1nonc1C(=O)N1CCN(C(=O)c2ccc(Cl)cc2)CC1. The predicted molar refractivity (Wildman–Crippen MR) is 82.0 cm³/mol. The molecule has 1 fully saturated rings. The molecule has 0 saturated carbocycles. The van der Waals surface area contributed by atoms with Gasteiger partial charge in [-0.1, -0.05) is 11.6 Å². The number of benzene rings is 1. The zero-order valence-corrected chi connectivity index (χ0v) is 12.9. The zero-order chi connectivity index (χ0) is 16.4. The number of nitrogens with zero attached hydrogens (tertiary/aromatic N) is 4. The van der Waals surface area contributed by atoms with E-state index < -0.39 is 0 Å². The lowest BCUT2D eigenvalue weighted by molar-refractivity contribution is 0.0530. The summed E-state index contributed by atoms with van der Waals surface area (Å²) in [7, 11) is 0. The summed E-state index contributed by atoms with van der Waals surface area (Å²) in [5.74, 6) is -0.464. The molecule has 0 unspecified atom stereocenters. The molecule has 2 aromatic rings. The molecular formula is C14H14ClN5O3. The van der Waals surface area contributed by atoms with Gasteiger partial charge in [-0.05, 0) is 34.6 Å². The Bertz CT molecular complexity index is 722. The third-order valence-corrected chi connectivity index (χ3v) is 3.91. The average molecular weight is 336 g/mol. The van der Waals surface area contributed by atoms with Crippen molar-refractivity contribution in [1.29, 1.82) is 0 Å². The van der Waals surface area contributed by atoms with Crippen molar-refractivity contribution in [2.45, 2.75) is 0 Å². The first-order valence-corrected chi connectivity index (χ1v) is 7.36. The van der Waals surface area contributed by atoms with E-state index in [1.165, 1.54) is 0 Å². The van der Waals surface area contributed by atoms with E-state index in [-0.39, 0.29) is 23.3 Å². The normalized spacial score (nSPS) is 14.8. The maximum Gasteiger partial charge on any atom is 0.280 e. The Hall–Kier alpha value is -2.61. The van der Waals surface area contributed by atoms with E-state index in [0.717, 1.165) is 0 Å². The molecule has 1 aromatic carbocycles. The second-order valence-corrected chi connectivity index (χ2v) is 5.53. The van der Waals surface area contributed by atoms with Gasteiger partial charge < -0.3 is 15.5 Å². The van der Waals surface area contributed by atoms with Crippen LogP contribution in [0.2, 0.25) is 5.02 Å². The van der Waals surface area contributed by atoms with Gasteiger partial charge in [0.2, 0.25) is 11.5 Å². The van der Waals surface area contributed by atoms with Crippen LogP contribution in [0.4, 0.5) is 5.82 Å². The van der Waals surface area contributed by atoms with Gasteiger partial charge in [-0.15, -0.1) is 0 Å².